The van der Waals surface area contributed by atoms with Crippen molar-refractivity contribution in [2.45, 2.75) is 56.9 Å². The van der Waals surface area contributed by atoms with Crippen LogP contribution in [0.1, 0.15) is 51.4 Å². The van der Waals surface area contributed by atoms with Crippen LogP contribution in [0.4, 0.5) is 0 Å². The standard InChI is InChI=1S/C14H26N2/c15-11-14(16-8-1-2-9-16)7-3-4-13(10-14)12-5-6-12/h12-13H,1-11,15H2. The van der Waals surface area contributed by atoms with Crippen molar-refractivity contribution in [2.24, 2.45) is 17.6 Å². The van der Waals surface area contributed by atoms with E-state index < -0.39 is 0 Å². The summed E-state index contributed by atoms with van der Waals surface area (Å²) in [5, 5.41) is 0. The molecule has 2 aliphatic carbocycles. The Hall–Kier alpha value is -0.0800. The lowest BCUT2D eigenvalue weighted by Crippen LogP contribution is -2.55. The van der Waals surface area contributed by atoms with E-state index in [9.17, 15) is 0 Å². The van der Waals surface area contributed by atoms with E-state index in [0.29, 0.717) is 5.54 Å². The molecule has 0 radical (unpaired) electrons. The van der Waals surface area contributed by atoms with Crippen molar-refractivity contribution >= 4 is 0 Å². The van der Waals surface area contributed by atoms with E-state index in [1.54, 1.807) is 0 Å². The van der Waals surface area contributed by atoms with Gasteiger partial charge in [-0.3, -0.25) is 4.90 Å². The van der Waals surface area contributed by atoms with Crippen molar-refractivity contribution in [3.05, 3.63) is 0 Å². The van der Waals surface area contributed by atoms with Gasteiger partial charge in [0, 0.05) is 12.1 Å². The van der Waals surface area contributed by atoms with Crippen LogP contribution in [0.15, 0.2) is 0 Å². The normalized spacial score (nSPS) is 41.4. The molecule has 0 amide bonds. The van der Waals surface area contributed by atoms with Crippen molar-refractivity contribution in [3.8, 4) is 0 Å². The molecule has 92 valence electrons. The van der Waals surface area contributed by atoms with Crippen LogP contribution in [0.3, 0.4) is 0 Å². The van der Waals surface area contributed by atoms with Crippen molar-refractivity contribution in [2.75, 3.05) is 19.6 Å². The molecule has 3 rings (SSSR count). The number of nitrogens with two attached hydrogens (primary N) is 1. The first-order chi connectivity index (χ1) is 7.84. The molecule has 0 aromatic heterocycles. The minimum absolute atomic E-state index is 0.405. The summed E-state index contributed by atoms with van der Waals surface area (Å²) in [4.78, 5) is 2.74. The van der Waals surface area contributed by atoms with Gasteiger partial charge in [0.2, 0.25) is 0 Å². The Bertz CT molecular complexity index is 243. The molecule has 1 saturated heterocycles. The maximum absolute atomic E-state index is 6.16. The summed E-state index contributed by atoms with van der Waals surface area (Å²) in [5.41, 5.74) is 6.56. The lowest BCUT2D eigenvalue weighted by atomic mass is 9.73. The van der Waals surface area contributed by atoms with Crippen LogP contribution in [-0.4, -0.2) is 30.1 Å². The van der Waals surface area contributed by atoms with Gasteiger partial charge >= 0.3 is 0 Å². The van der Waals surface area contributed by atoms with Crippen LogP contribution in [-0.2, 0) is 0 Å². The van der Waals surface area contributed by atoms with Gasteiger partial charge in [-0.2, -0.15) is 0 Å². The van der Waals surface area contributed by atoms with Gasteiger partial charge in [-0.25, -0.2) is 0 Å². The maximum Gasteiger partial charge on any atom is 0.0334 e. The lowest BCUT2D eigenvalue weighted by Gasteiger charge is -2.47. The van der Waals surface area contributed by atoms with E-state index in [4.69, 9.17) is 5.73 Å². The van der Waals surface area contributed by atoms with E-state index in [0.717, 1.165) is 18.4 Å². The van der Waals surface area contributed by atoms with E-state index in [2.05, 4.69) is 4.90 Å². The minimum Gasteiger partial charge on any atom is -0.329 e. The summed E-state index contributed by atoms with van der Waals surface area (Å²) >= 11 is 0. The Morgan fingerprint density at radius 2 is 1.75 bits per heavy atom. The molecule has 0 aromatic rings. The van der Waals surface area contributed by atoms with Gasteiger partial charge in [0.25, 0.3) is 0 Å². The molecule has 2 saturated carbocycles. The zero-order chi connectivity index (χ0) is 11.0. The van der Waals surface area contributed by atoms with Crippen LogP contribution in [0.2, 0.25) is 0 Å². The predicted molar refractivity (Wildman–Crippen MR) is 67.3 cm³/mol. The first-order valence-corrected chi connectivity index (χ1v) is 7.29. The lowest BCUT2D eigenvalue weighted by molar-refractivity contribution is 0.0500. The molecule has 0 aromatic carbocycles. The molecule has 0 spiro atoms. The second kappa shape index (κ2) is 4.30. The average molecular weight is 222 g/mol. The summed E-state index contributed by atoms with van der Waals surface area (Å²) in [6, 6.07) is 0. The largest absolute Gasteiger partial charge is 0.329 e. The van der Waals surface area contributed by atoms with Crippen LogP contribution in [0.5, 0.6) is 0 Å². The summed E-state index contributed by atoms with van der Waals surface area (Å²) < 4.78 is 0. The fourth-order valence-electron chi connectivity index (χ4n) is 4.15. The summed E-state index contributed by atoms with van der Waals surface area (Å²) in [5.74, 6) is 2.09. The first-order valence-electron chi connectivity index (χ1n) is 7.29. The molecule has 2 N–H and O–H groups in total. The second-order valence-electron chi connectivity index (χ2n) is 6.32. The van der Waals surface area contributed by atoms with Gasteiger partial charge in [0.15, 0.2) is 0 Å². The van der Waals surface area contributed by atoms with Crippen LogP contribution in [0.25, 0.3) is 0 Å². The Balaban J connectivity index is 1.71. The van der Waals surface area contributed by atoms with Gasteiger partial charge < -0.3 is 5.73 Å². The molecule has 2 atom stereocenters. The third kappa shape index (κ3) is 1.91. The van der Waals surface area contributed by atoms with Gasteiger partial charge in [-0.05, 0) is 63.5 Å². The molecule has 2 unspecified atom stereocenters. The quantitative estimate of drug-likeness (QED) is 0.794. The summed E-state index contributed by atoms with van der Waals surface area (Å²) in [7, 11) is 0. The highest BCUT2D eigenvalue weighted by Crippen LogP contribution is 2.48. The molecule has 3 aliphatic rings. The number of rotatable bonds is 3. The number of hydrogen-bond acceptors (Lipinski definition) is 2. The zero-order valence-electron chi connectivity index (χ0n) is 10.5. The first kappa shape index (κ1) is 11.0. The van der Waals surface area contributed by atoms with Crippen LogP contribution < -0.4 is 5.73 Å². The third-order valence-electron chi connectivity index (χ3n) is 5.30. The molecule has 1 heterocycles. The topological polar surface area (TPSA) is 29.3 Å². The molecule has 16 heavy (non-hydrogen) atoms. The van der Waals surface area contributed by atoms with E-state index in [1.807, 2.05) is 0 Å². The van der Waals surface area contributed by atoms with Gasteiger partial charge in [-0.1, -0.05) is 12.8 Å². The molecule has 1 aliphatic heterocycles. The van der Waals surface area contributed by atoms with E-state index in [1.165, 1.54) is 64.5 Å². The number of hydrogen-bond donors (Lipinski definition) is 1. The second-order valence-corrected chi connectivity index (χ2v) is 6.32. The molecule has 3 fully saturated rings. The fourth-order valence-corrected chi connectivity index (χ4v) is 4.15. The molecule has 2 heteroatoms. The number of nitrogens with zero attached hydrogens (tertiary/aromatic N) is 1. The minimum atomic E-state index is 0.405. The molecule has 0 bridgehead atoms. The third-order valence-corrected chi connectivity index (χ3v) is 5.30. The highest BCUT2D eigenvalue weighted by molar-refractivity contribution is 5.00. The van der Waals surface area contributed by atoms with Gasteiger partial charge in [0.05, 0.1) is 0 Å². The van der Waals surface area contributed by atoms with Crippen molar-refractivity contribution in [3.63, 3.8) is 0 Å². The van der Waals surface area contributed by atoms with Crippen LogP contribution >= 0.6 is 0 Å². The van der Waals surface area contributed by atoms with E-state index >= 15 is 0 Å². The monoisotopic (exact) mass is 222 g/mol. The number of likely N-dealkylation sites (tertiary alicyclic amines) is 1. The Labute approximate surface area is 99.6 Å². The molecular formula is C14H26N2. The van der Waals surface area contributed by atoms with Gasteiger partial charge in [-0.15, -0.1) is 0 Å². The van der Waals surface area contributed by atoms with Crippen molar-refractivity contribution < 1.29 is 0 Å². The van der Waals surface area contributed by atoms with Crippen molar-refractivity contribution in [1.29, 1.82) is 0 Å². The van der Waals surface area contributed by atoms with Crippen LogP contribution in [0, 0.1) is 11.8 Å². The highest BCUT2D eigenvalue weighted by Gasteiger charge is 2.44. The Kier molecular flexibility index (Phi) is 2.97. The smallest absolute Gasteiger partial charge is 0.0334 e. The average Bonchev–Trinajstić information content (AvgIpc) is 3.04. The Morgan fingerprint density at radius 3 is 2.38 bits per heavy atom. The van der Waals surface area contributed by atoms with Crippen molar-refractivity contribution in [1.82, 2.24) is 4.90 Å². The predicted octanol–water partition coefficient (Wildman–Crippen LogP) is 2.38. The molecule has 2 nitrogen and oxygen atoms in total. The fraction of sp³-hybridized carbons (Fsp3) is 1.00. The zero-order valence-corrected chi connectivity index (χ0v) is 10.5. The summed E-state index contributed by atoms with van der Waals surface area (Å²) in [6.45, 7) is 3.53. The highest BCUT2D eigenvalue weighted by atomic mass is 15.2. The molecular weight excluding hydrogens is 196 g/mol. The van der Waals surface area contributed by atoms with E-state index in [-0.39, 0.29) is 0 Å². The Morgan fingerprint density at radius 1 is 1.00 bits per heavy atom. The summed E-state index contributed by atoms with van der Waals surface area (Å²) in [6.07, 6.45) is 11.5. The maximum atomic E-state index is 6.16. The SMILES string of the molecule is NCC1(N2CCCC2)CCCC(C2CC2)C1. The van der Waals surface area contributed by atoms with Gasteiger partial charge in [0.1, 0.15) is 0 Å².